The minimum absolute atomic E-state index is 0.0148. The maximum absolute atomic E-state index is 13.1. The van der Waals surface area contributed by atoms with Crippen LogP contribution >= 0.6 is 0 Å². The Kier molecular flexibility index (Phi) is 6.76. The van der Waals surface area contributed by atoms with Crippen LogP contribution in [0.25, 0.3) is 0 Å². The Hall–Kier alpha value is -2.73. The van der Waals surface area contributed by atoms with Crippen molar-refractivity contribution >= 4 is 11.8 Å². The fourth-order valence-electron chi connectivity index (χ4n) is 3.52. The molecule has 1 atom stereocenters. The van der Waals surface area contributed by atoms with Crippen LogP contribution in [-0.4, -0.2) is 51.8 Å². The van der Waals surface area contributed by atoms with E-state index in [9.17, 15) is 9.59 Å². The molecule has 1 aromatic heterocycles. The minimum Gasteiger partial charge on any atom is -0.353 e. The number of benzene rings is 1. The van der Waals surface area contributed by atoms with Gasteiger partial charge in [-0.15, -0.1) is 0 Å². The molecule has 0 unspecified atom stereocenters. The summed E-state index contributed by atoms with van der Waals surface area (Å²) in [4.78, 5) is 33.7. The molecule has 6 nitrogen and oxygen atoms in total. The number of carbonyl (C=O) groups excluding carboxylic acids is 2. The summed E-state index contributed by atoms with van der Waals surface area (Å²) in [7, 11) is 0. The molecule has 0 aliphatic carbocycles. The van der Waals surface area contributed by atoms with Gasteiger partial charge in [-0.25, -0.2) is 0 Å². The van der Waals surface area contributed by atoms with Crippen molar-refractivity contribution in [1.29, 1.82) is 0 Å². The van der Waals surface area contributed by atoms with Gasteiger partial charge in [-0.2, -0.15) is 0 Å². The standard InChI is InChI=1S/C22H28N4O2/c1-17(2)26(16-19-9-6-10-23-14-19)21(27)13-20-22(28)24-11-12-25(20)15-18-7-4-3-5-8-18/h3-10,14,17,20H,11-13,15-16H2,1-2H3,(H,24,28)/t20-/m1/s1. The number of nitrogens with zero attached hydrogens (tertiary/aromatic N) is 3. The molecule has 0 radical (unpaired) electrons. The van der Waals surface area contributed by atoms with Crippen molar-refractivity contribution in [2.45, 2.75) is 45.4 Å². The molecule has 1 fully saturated rings. The Morgan fingerprint density at radius 1 is 1.21 bits per heavy atom. The summed E-state index contributed by atoms with van der Waals surface area (Å²) in [6.07, 6.45) is 3.67. The van der Waals surface area contributed by atoms with Gasteiger partial charge in [0.05, 0.1) is 12.5 Å². The molecule has 1 saturated heterocycles. The van der Waals surface area contributed by atoms with E-state index >= 15 is 0 Å². The topological polar surface area (TPSA) is 65.5 Å². The number of hydrogen-bond acceptors (Lipinski definition) is 4. The van der Waals surface area contributed by atoms with Crippen LogP contribution in [0.15, 0.2) is 54.9 Å². The van der Waals surface area contributed by atoms with Gasteiger partial charge < -0.3 is 10.2 Å². The van der Waals surface area contributed by atoms with Gasteiger partial charge in [0, 0.05) is 44.6 Å². The summed E-state index contributed by atoms with van der Waals surface area (Å²) in [5, 5.41) is 2.91. The normalized spacial score (nSPS) is 17.4. The molecule has 1 aromatic carbocycles. The Bertz CT molecular complexity index is 780. The second kappa shape index (κ2) is 9.46. The van der Waals surface area contributed by atoms with Crippen LogP contribution in [0.3, 0.4) is 0 Å². The van der Waals surface area contributed by atoms with Crippen molar-refractivity contribution in [2.75, 3.05) is 13.1 Å². The van der Waals surface area contributed by atoms with Gasteiger partial charge in [-0.05, 0) is 31.0 Å². The van der Waals surface area contributed by atoms with E-state index in [4.69, 9.17) is 0 Å². The van der Waals surface area contributed by atoms with Gasteiger partial charge in [0.15, 0.2) is 0 Å². The quantitative estimate of drug-likeness (QED) is 0.800. The van der Waals surface area contributed by atoms with E-state index in [1.807, 2.05) is 61.2 Å². The van der Waals surface area contributed by atoms with Gasteiger partial charge in [-0.1, -0.05) is 36.4 Å². The molecule has 3 rings (SSSR count). The summed E-state index contributed by atoms with van der Waals surface area (Å²) < 4.78 is 0. The van der Waals surface area contributed by atoms with Crippen molar-refractivity contribution < 1.29 is 9.59 Å². The lowest BCUT2D eigenvalue weighted by molar-refractivity contribution is -0.140. The van der Waals surface area contributed by atoms with E-state index in [1.165, 1.54) is 0 Å². The maximum Gasteiger partial charge on any atom is 0.237 e. The fourth-order valence-corrected chi connectivity index (χ4v) is 3.52. The zero-order valence-corrected chi connectivity index (χ0v) is 16.5. The highest BCUT2D eigenvalue weighted by Crippen LogP contribution is 2.17. The predicted molar refractivity (Wildman–Crippen MR) is 108 cm³/mol. The van der Waals surface area contributed by atoms with Crippen molar-refractivity contribution in [2.24, 2.45) is 0 Å². The molecule has 2 amide bonds. The molecule has 0 spiro atoms. The Morgan fingerprint density at radius 2 is 1.96 bits per heavy atom. The summed E-state index contributed by atoms with van der Waals surface area (Å²) in [5.41, 5.74) is 2.13. The highest BCUT2D eigenvalue weighted by Gasteiger charge is 2.33. The molecule has 148 valence electrons. The van der Waals surface area contributed by atoms with Crippen LogP contribution in [0.4, 0.5) is 0 Å². The summed E-state index contributed by atoms with van der Waals surface area (Å²) in [6, 6.07) is 13.5. The van der Waals surface area contributed by atoms with Crippen molar-refractivity contribution in [3.05, 3.63) is 66.0 Å². The third kappa shape index (κ3) is 5.16. The van der Waals surface area contributed by atoms with Crippen molar-refractivity contribution in [3.8, 4) is 0 Å². The monoisotopic (exact) mass is 380 g/mol. The minimum atomic E-state index is -0.448. The molecular weight excluding hydrogens is 352 g/mol. The lowest BCUT2D eigenvalue weighted by Crippen LogP contribution is -2.56. The molecule has 6 heteroatoms. The predicted octanol–water partition coefficient (Wildman–Crippen LogP) is 2.21. The number of rotatable bonds is 7. The Labute approximate surface area is 166 Å². The lowest BCUT2D eigenvalue weighted by Gasteiger charge is -2.36. The maximum atomic E-state index is 13.1. The van der Waals surface area contributed by atoms with Gasteiger partial charge in [-0.3, -0.25) is 19.5 Å². The highest BCUT2D eigenvalue weighted by molar-refractivity contribution is 5.89. The molecule has 1 aliphatic rings. The summed E-state index contributed by atoms with van der Waals surface area (Å²) >= 11 is 0. The smallest absolute Gasteiger partial charge is 0.237 e. The molecule has 0 bridgehead atoms. The first-order valence-corrected chi connectivity index (χ1v) is 9.78. The molecule has 0 saturated carbocycles. The van der Waals surface area contributed by atoms with Gasteiger partial charge in [0.1, 0.15) is 0 Å². The molecule has 1 N–H and O–H groups in total. The van der Waals surface area contributed by atoms with E-state index in [-0.39, 0.29) is 24.3 Å². The lowest BCUT2D eigenvalue weighted by atomic mass is 10.1. The van der Waals surface area contributed by atoms with E-state index in [0.29, 0.717) is 19.6 Å². The Balaban J connectivity index is 1.71. The van der Waals surface area contributed by atoms with Gasteiger partial charge in [0.2, 0.25) is 11.8 Å². The number of amides is 2. The van der Waals surface area contributed by atoms with E-state index in [2.05, 4.69) is 15.2 Å². The van der Waals surface area contributed by atoms with Crippen LogP contribution in [0.5, 0.6) is 0 Å². The van der Waals surface area contributed by atoms with Crippen LogP contribution < -0.4 is 5.32 Å². The number of hydrogen-bond donors (Lipinski definition) is 1. The third-order valence-electron chi connectivity index (χ3n) is 5.06. The fraction of sp³-hybridized carbons (Fsp3) is 0.409. The van der Waals surface area contributed by atoms with E-state index in [0.717, 1.165) is 17.7 Å². The van der Waals surface area contributed by atoms with Crippen molar-refractivity contribution in [1.82, 2.24) is 20.1 Å². The summed E-state index contributed by atoms with van der Waals surface area (Å²) in [5.74, 6) is -0.0837. The largest absolute Gasteiger partial charge is 0.353 e. The molecule has 1 aliphatic heterocycles. The summed E-state index contributed by atoms with van der Waals surface area (Å²) in [6.45, 7) is 6.50. The van der Waals surface area contributed by atoms with Crippen molar-refractivity contribution in [3.63, 3.8) is 0 Å². The first-order chi connectivity index (χ1) is 13.5. The molecule has 2 heterocycles. The number of nitrogens with one attached hydrogen (secondary N) is 1. The van der Waals surface area contributed by atoms with Crippen LogP contribution in [0.1, 0.15) is 31.4 Å². The van der Waals surface area contributed by atoms with E-state index < -0.39 is 6.04 Å². The first kappa shape index (κ1) is 20.0. The van der Waals surface area contributed by atoms with Crippen LogP contribution in [0, 0.1) is 0 Å². The second-order valence-corrected chi connectivity index (χ2v) is 7.44. The Morgan fingerprint density at radius 3 is 2.64 bits per heavy atom. The van der Waals surface area contributed by atoms with Crippen LogP contribution in [-0.2, 0) is 22.7 Å². The average Bonchev–Trinajstić information content (AvgIpc) is 2.70. The highest BCUT2D eigenvalue weighted by atomic mass is 16.2. The number of aromatic nitrogens is 1. The number of pyridine rings is 1. The number of piperazine rings is 1. The van der Waals surface area contributed by atoms with E-state index in [1.54, 1.807) is 12.4 Å². The SMILES string of the molecule is CC(C)N(Cc1cccnc1)C(=O)C[C@@H]1C(=O)NCCN1Cc1ccccc1. The average molecular weight is 380 g/mol. The third-order valence-corrected chi connectivity index (χ3v) is 5.06. The number of carbonyl (C=O) groups is 2. The zero-order chi connectivity index (χ0) is 19.9. The van der Waals surface area contributed by atoms with Crippen LogP contribution in [0.2, 0.25) is 0 Å². The molecular formula is C22H28N4O2. The zero-order valence-electron chi connectivity index (χ0n) is 16.5. The van der Waals surface area contributed by atoms with Gasteiger partial charge >= 0.3 is 0 Å². The molecule has 2 aromatic rings. The first-order valence-electron chi connectivity index (χ1n) is 9.78. The van der Waals surface area contributed by atoms with Gasteiger partial charge in [0.25, 0.3) is 0 Å². The second-order valence-electron chi connectivity index (χ2n) is 7.44. The molecule has 28 heavy (non-hydrogen) atoms.